The molecule has 1 aliphatic heterocycles. The smallest absolute Gasteiger partial charge is 0.223 e. The van der Waals surface area contributed by atoms with Crippen LogP contribution in [0.1, 0.15) is 25.5 Å². The molecule has 1 amide bonds. The number of benzene rings is 1. The molecule has 0 radical (unpaired) electrons. The third-order valence-electron chi connectivity index (χ3n) is 4.62. The van der Waals surface area contributed by atoms with Crippen LogP contribution in [0.25, 0.3) is 11.3 Å². The number of nitrogens with zero attached hydrogens (tertiary/aromatic N) is 1. The first-order valence-corrected chi connectivity index (χ1v) is 10.4. The van der Waals surface area contributed by atoms with Crippen LogP contribution in [-0.2, 0) is 21.1 Å². The van der Waals surface area contributed by atoms with E-state index in [0.29, 0.717) is 25.8 Å². The minimum atomic E-state index is -2.99. The minimum Gasteiger partial charge on any atom is -0.461 e. The van der Waals surface area contributed by atoms with E-state index in [1.165, 1.54) is 0 Å². The number of hydrogen-bond acceptors (Lipinski definition) is 4. The Balaban J connectivity index is 1.59. The largest absolute Gasteiger partial charge is 0.461 e. The van der Waals surface area contributed by atoms with E-state index in [0.717, 1.165) is 17.1 Å². The van der Waals surface area contributed by atoms with Gasteiger partial charge < -0.3 is 9.32 Å². The highest BCUT2D eigenvalue weighted by Crippen LogP contribution is 2.23. The molecule has 0 aliphatic carbocycles. The fourth-order valence-electron chi connectivity index (χ4n) is 3.30. The predicted molar refractivity (Wildman–Crippen MR) is 96.9 cm³/mol. The summed E-state index contributed by atoms with van der Waals surface area (Å²) >= 11 is 0. The average Bonchev–Trinajstić information content (AvgIpc) is 3.21. The zero-order chi connectivity index (χ0) is 17.9. The van der Waals surface area contributed by atoms with Gasteiger partial charge in [-0.1, -0.05) is 30.3 Å². The molecule has 134 valence electrons. The summed E-state index contributed by atoms with van der Waals surface area (Å²) in [6.07, 6.45) is 1.38. The first-order valence-electron chi connectivity index (χ1n) is 8.62. The van der Waals surface area contributed by atoms with E-state index in [1.54, 1.807) is 4.90 Å². The molecule has 1 aromatic heterocycles. The molecule has 1 unspecified atom stereocenters. The molecule has 1 atom stereocenters. The third kappa shape index (κ3) is 4.31. The maximum atomic E-state index is 12.5. The van der Waals surface area contributed by atoms with Crippen molar-refractivity contribution in [3.63, 3.8) is 0 Å². The SMILES string of the molecule is CCN(C(=O)CCc1ccc(-c2ccccc2)o1)C1CCS(=O)(=O)C1. The van der Waals surface area contributed by atoms with Crippen LogP contribution in [-0.4, -0.2) is 43.3 Å². The second kappa shape index (κ2) is 7.44. The zero-order valence-electron chi connectivity index (χ0n) is 14.3. The summed E-state index contributed by atoms with van der Waals surface area (Å²) in [6, 6.07) is 13.4. The van der Waals surface area contributed by atoms with Gasteiger partial charge in [-0.15, -0.1) is 0 Å². The Kier molecular flexibility index (Phi) is 5.27. The van der Waals surface area contributed by atoms with Crippen LogP contribution in [0.5, 0.6) is 0 Å². The summed E-state index contributed by atoms with van der Waals surface area (Å²) in [5.41, 5.74) is 1.01. The number of amides is 1. The van der Waals surface area contributed by atoms with E-state index in [4.69, 9.17) is 4.42 Å². The van der Waals surface area contributed by atoms with Crippen LogP contribution in [0, 0.1) is 0 Å². The van der Waals surface area contributed by atoms with Crippen molar-refractivity contribution in [1.82, 2.24) is 4.90 Å². The van der Waals surface area contributed by atoms with Gasteiger partial charge in [0.05, 0.1) is 11.5 Å². The molecule has 25 heavy (non-hydrogen) atoms. The van der Waals surface area contributed by atoms with Gasteiger partial charge in [0.15, 0.2) is 9.84 Å². The Morgan fingerprint density at radius 2 is 1.96 bits per heavy atom. The summed E-state index contributed by atoms with van der Waals surface area (Å²) in [5, 5.41) is 0. The second-order valence-corrected chi connectivity index (χ2v) is 8.60. The molecule has 1 fully saturated rings. The summed E-state index contributed by atoms with van der Waals surface area (Å²) in [5.74, 6) is 1.81. The average molecular weight is 361 g/mol. The molecule has 6 heteroatoms. The lowest BCUT2D eigenvalue weighted by atomic mass is 10.1. The first kappa shape index (κ1) is 17.7. The highest BCUT2D eigenvalue weighted by molar-refractivity contribution is 7.91. The number of rotatable bonds is 6. The van der Waals surface area contributed by atoms with Gasteiger partial charge in [0, 0.05) is 31.0 Å². The molecule has 0 spiro atoms. The molecule has 0 N–H and O–H groups in total. The molecular formula is C19H23NO4S. The van der Waals surface area contributed by atoms with Crippen LogP contribution >= 0.6 is 0 Å². The molecule has 0 saturated carbocycles. The highest BCUT2D eigenvalue weighted by Gasteiger charge is 2.33. The molecule has 5 nitrogen and oxygen atoms in total. The quantitative estimate of drug-likeness (QED) is 0.793. The van der Waals surface area contributed by atoms with Crippen molar-refractivity contribution in [3.05, 3.63) is 48.2 Å². The zero-order valence-corrected chi connectivity index (χ0v) is 15.2. The lowest BCUT2D eigenvalue weighted by molar-refractivity contribution is -0.132. The molecule has 2 aromatic rings. The van der Waals surface area contributed by atoms with Gasteiger partial charge in [-0.25, -0.2) is 8.42 Å². The van der Waals surface area contributed by atoms with Crippen LogP contribution in [0.4, 0.5) is 0 Å². The van der Waals surface area contributed by atoms with E-state index in [-0.39, 0.29) is 23.5 Å². The third-order valence-corrected chi connectivity index (χ3v) is 6.37. The highest BCUT2D eigenvalue weighted by atomic mass is 32.2. The minimum absolute atomic E-state index is 0.0118. The molecule has 3 rings (SSSR count). The summed E-state index contributed by atoms with van der Waals surface area (Å²) in [4.78, 5) is 14.2. The van der Waals surface area contributed by atoms with Crippen LogP contribution < -0.4 is 0 Å². The predicted octanol–water partition coefficient (Wildman–Crippen LogP) is 2.91. The van der Waals surface area contributed by atoms with Gasteiger partial charge in [0.1, 0.15) is 11.5 Å². The molecule has 2 heterocycles. The van der Waals surface area contributed by atoms with Crippen molar-refractivity contribution in [2.24, 2.45) is 0 Å². The van der Waals surface area contributed by atoms with Crippen molar-refractivity contribution in [1.29, 1.82) is 0 Å². The summed E-state index contributed by atoms with van der Waals surface area (Å²) < 4.78 is 29.1. The first-order chi connectivity index (χ1) is 12.0. The fraction of sp³-hybridized carbons (Fsp3) is 0.421. The maximum absolute atomic E-state index is 12.5. The van der Waals surface area contributed by atoms with Crippen molar-refractivity contribution in [2.45, 2.75) is 32.2 Å². The normalized spacial score (nSPS) is 19.0. The Morgan fingerprint density at radius 3 is 2.60 bits per heavy atom. The van der Waals surface area contributed by atoms with Crippen molar-refractivity contribution in [3.8, 4) is 11.3 Å². The van der Waals surface area contributed by atoms with Crippen molar-refractivity contribution in [2.75, 3.05) is 18.1 Å². The van der Waals surface area contributed by atoms with Crippen LogP contribution in [0.15, 0.2) is 46.9 Å². The summed E-state index contributed by atoms with van der Waals surface area (Å²) in [7, 11) is -2.99. The monoisotopic (exact) mass is 361 g/mol. The molecule has 1 aromatic carbocycles. The van der Waals surface area contributed by atoms with Gasteiger partial charge in [-0.2, -0.15) is 0 Å². The number of carbonyl (C=O) groups excluding carboxylic acids is 1. The van der Waals surface area contributed by atoms with Crippen LogP contribution in [0.3, 0.4) is 0 Å². The molecular weight excluding hydrogens is 338 g/mol. The van der Waals surface area contributed by atoms with E-state index in [2.05, 4.69) is 0 Å². The van der Waals surface area contributed by atoms with E-state index < -0.39 is 9.84 Å². The molecule has 1 saturated heterocycles. The summed E-state index contributed by atoms with van der Waals surface area (Å²) in [6.45, 7) is 2.43. The van der Waals surface area contributed by atoms with E-state index in [1.807, 2.05) is 49.4 Å². The standard InChI is InChI=1S/C19H23NO4S/c1-2-20(16-12-13-25(22,23)14-16)19(21)11-9-17-8-10-18(24-17)15-6-4-3-5-7-15/h3-8,10,16H,2,9,11-14H2,1H3. The van der Waals surface area contributed by atoms with Gasteiger partial charge in [-0.3, -0.25) is 4.79 Å². The Morgan fingerprint density at radius 1 is 1.20 bits per heavy atom. The van der Waals surface area contributed by atoms with Gasteiger partial charge in [0.25, 0.3) is 0 Å². The number of aryl methyl sites for hydroxylation is 1. The Bertz CT molecular complexity index is 826. The number of hydrogen-bond donors (Lipinski definition) is 0. The Labute approximate surface area is 148 Å². The number of furan rings is 1. The number of sulfone groups is 1. The molecule has 0 bridgehead atoms. The lowest BCUT2D eigenvalue weighted by Gasteiger charge is -2.26. The van der Waals surface area contributed by atoms with Crippen LogP contribution in [0.2, 0.25) is 0 Å². The van der Waals surface area contributed by atoms with Gasteiger partial charge in [0.2, 0.25) is 5.91 Å². The van der Waals surface area contributed by atoms with E-state index >= 15 is 0 Å². The number of carbonyl (C=O) groups is 1. The van der Waals surface area contributed by atoms with Crippen molar-refractivity contribution >= 4 is 15.7 Å². The maximum Gasteiger partial charge on any atom is 0.223 e. The fourth-order valence-corrected chi connectivity index (χ4v) is 5.03. The topological polar surface area (TPSA) is 67.6 Å². The second-order valence-electron chi connectivity index (χ2n) is 6.37. The van der Waals surface area contributed by atoms with Gasteiger partial charge >= 0.3 is 0 Å². The van der Waals surface area contributed by atoms with Crippen molar-refractivity contribution < 1.29 is 17.6 Å². The van der Waals surface area contributed by atoms with E-state index in [9.17, 15) is 13.2 Å². The van der Waals surface area contributed by atoms with Gasteiger partial charge in [-0.05, 0) is 25.5 Å². The molecule has 1 aliphatic rings. The Hall–Kier alpha value is -2.08. The lowest BCUT2D eigenvalue weighted by Crippen LogP contribution is -2.41.